The maximum Gasteiger partial charge on any atom is 0.269 e. The van der Waals surface area contributed by atoms with Crippen LogP contribution in [0.5, 0.6) is 0 Å². The number of hydrogen-bond donors (Lipinski definition) is 2. The summed E-state index contributed by atoms with van der Waals surface area (Å²) >= 11 is 2.94. The van der Waals surface area contributed by atoms with Crippen molar-refractivity contribution in [2.45, 2.75) is 39.8 Å². The fourth-order valence-corrected chi connectivity index (χ4v) is 8.76. The normalized spacial score (nSPS) is 15.1. The highest BCUT2D eigenvalue weighted by Gasteiger charge is 2.25. The van der Waals surface area contributed by atoms with Crippen LogP contribution in [0.1, 0.15) is 35.2 Å². The van der Waals surface area contributed by atoms with Crippen LogP contribution >= 0.6 is 22.7 Å². The third kappa shape index (κ3) is 8.63. The molecule has 2 N–H and O–H groups in total. The predicted molar refractivity (Wildman–Crippen MR) is 189 cm³/mol. The van der Waals surface area contributed by atoms with Crippen molar-refractivity contribution in [2.75, 3.05) is 23.0 Å². The molecule has 0 amide bonds. The van der Waals surface area contributed by atoms with E-state index in [-0.39, 0.29) is 29.9 Å². The number of hydrogen-bond acceptors (Lipinski definition) is 8. The lowest BCUT2D eigenvalue weighted by Crippen LogP contribution is -2.39. The average molecular weight is 715 g/mol. The van der Waals surface area contributed by atoms with E-state index < -0.39 is 20.2 Å². The Morgan fingerprint density at radius 3 is 2.28 bits per heavy atom. The highest BCUT2D eigenvalue weighted by Crippen LogP contribution is 2.33. The van der Waals surface area contributed by atoms with E-state index in [4.69, 9.17) is 4.55 Å². The molecule has 0 spiro atoms. The number of allylic oxidation sites excluding steroid dienone is 3. The van der Waals surface area contributed by atoms with E-state index in [1.807, 2.05) is 104 Å². The summed E-state index contributed by atoms with van der Waals surface area (Å²) in [6, 6.07) is 17.6. The summed E-state index contributed by atoms with van der Waals surface area (Å²) in [5.41, 5.74) is 4.57. The Morgan fingerprint density at radius 1 is 0.894 bits per heavy atom. The maximum atomic E-state index is 13.5. The molecule has 0 atom stereocenters. The van der Waals surface area contributed by atoms with E-state index in [0.717, 1.165) is 42.6 Å². The van der Waals surface area contributed by atoms with Gasteiger partial charge in [-0.25, -0.2) is 0 Å². The first-order valence-electron chi connectivity index (χ1n) is 15.0. The minimum atomic E-state index is -4.11. The molecule has 0 fully saturated rings. The summed E-state index contributed by atoms with van der Waals surface area (Å²) in [5.74, 6) is -0.671. The standard InChI is InChI=1S/C33H35N3O7S4/c1-3-35-30(23-31-36(19-10-22-47(41,42)43)32(24(2)44-31)26-11-5-4-6-12-26)45-29(33(35)37)16-15-25-17-20-34(18-9-21-46(38,39)40)28-14-8-7-13-27(25)28/h4-8,11-17,20,23H,3,9-10,18-19,21-22H2,1-2H3,(H-,38,39,40,41,42,43)/p+1/b25-15-,29-16+. The van der Waals surface area contributed by atoms with E-state index in [1.54, 1.807) is 15.9 Å². The largest absolute Gasteiger partial charge is 0.347 e. The molecule has 1 aliphatic rings. The van der Waals surface area contributed by atoms with Gasteiger partial charge in [0.15, 0.2) is 6.54 Å². The molecule has 0 bridgehead atoms. The first-order valence-corrected chi connectivity index (χ1v) is 19.9. The van der Waals surface area contributed by atoms with Crippen LogP contribution in [-0.4, -0.2) is 48.6 Å². The summed E-state index contributed by atoms with van der Waals surface area (Å²) in [6.45, 7) is 5.18. The summed E-state index contributed by atoms with van der Waals surface area (Å²) in [4.78, 5) is 16.5. The van der Waals surface area contributed by atoms with Gasteiger partial charge in [0.05, 0.1) is 27.0 Å². The number of aryl methyl sites for hydroxylation is 1. The molecule has 2 aromatic carbocycles. The number of nitrogens with zero attached hydrogens (tertiary/aromatic N) is 3. The summed E-state index contributed by atoms with van der Waals surface area (Å²) < 4.78 is 68.9. The van der Waals surface area contributed by atoms with Crippen molar-refractivity contribution in [1.29, 1.82) is 0 Å². The molecule has 1 aliphatic heterocycles. The molecule has 0 saturated carbocycles. The third-order valence-electron chi connectivity index (χ3n) is 7.63. The zero-order valence-corrected chi connectivity index (χ0v) is 29.2. The number of rotatable bonds is 12. The van der Waals surface area contributed by atoms with Gasteiger partial charge >= 0.3 is 0 Å². The van der Waals surface area contributed by atoms with E-state index in [1.165, 1.54) is 11.3 Å². The van der Waals surface area contributed by atoms with Crippen LogP contribution < -0.4 is 24.2 Å². The first kappa shape index (κ1) is 34.7. The lowest BCUT2D eigenvalue weighted by atomic mass is 9.99. The lowest BCUT2D eigenvalue weighted by Gasteiger charge is -2.27. The van der Waals surface area contributed by atoms with Crippen LogP contribution in [0.15, 0.2) is 77.7 Å². The number of fused-ring (bicyclic) bond motifs is 1. The van der Waals surface area contributed by atoms with Gasteiger partial charge in [0.25, 0.3) is 30.8 Å². The Labute approximate surface area is 282 Å². The molecule has 47 heavy (non-hydrogen) atoms. The van der Waals surface area contributed by atoms with Gasteiger partial charge in [-0.05, 0) is 56.2 Å². The molecule has 14 heteroatoms. The van der Waals surface area contributed by atoms with Gasteiger partial charge in [0.1, 0.15) is 4.66 Å². The zero-order valence-electron chi connectivity index (χ0n) is 25.9. The van der Waals surface area contributed by atoms with Crippen molar-refractivity contribution in [3.63, 3.8) is 0 Å². The third-order valence-corrected chi connectivity index (χ3v) is 11.4. The van der Waals surface area contributed by atoms with Gasteiger partial charge in [-0.3, -0.25) is 18.5 Å². The van der Waals surface area contributed by atoms with Crippen molar-refractivity contribution >= 4 is 66.3 Å². The van der Waals surface area contributed by atoms with Crippen molar-refractivity contribution in [1.82, 2.24) is 4.57 Å². The number of aromatic nitrogens is 2. The van der Waals surface area contributed by atoms with Gasteiger partial charge in [-0.1, -0.05) is 53.8 Å². The van der Waals surface area contributed by atoms with Gasteiger partial charge in [0, 0.05) is 42.5 Å². The Kier molecular flexibility index (Phi) is 10.8. The van der Waals surface area contributed by atoms with Crippen LogP contribution in [0, 0.1) is 6.92 Å². The van der Waals surface area contributed by atoms with Crippen LogP contribution in [0.2, 0.25) is 0 Å². The molecule has 4 aromatic rings. The summed E-state index contributed by atoms with van der Waals surface area (Å²) in [7, 11) is -8.15. The zero-order chi connectivity index (χ0) is 33.8. The van der Waals surface area contributed by atoms with Crippen LogP contribution in [0.4, 0.5) is 5.69 Å². The van der Waals surface area contributed by atoms with Crippen LogP contribution in [0.25, 0.3) is 29.0 Å². The monoisotopic (exact) mass is 714 g/mol. The SMILES string of the molecule is CCn1c(=O)/c(=C\C=C2\C=CN(CCCS(=O)(=O)O)c3ccccc32)s/c1=C/c1sc(C)c(-c2ccccc2)[n+]1CCCS(=O)(=O)O. The topological polar surface area (TPSA) is 138 Å². The second-order valence-electron chi connectivity index (χ2n) is 11.0. The van der Waals surface area contributed by atoms with Crippen LogP contribution in [-0.2, 0) is 33.3 Å². The lowest BCUT2D eigenvalue weighted by molar-refractivity contribution is -0.683. The van der Waals surface area contributed by atoms with Crippen molar-refractivity contribution in [3.05, 3.63) is 108 Å². The minimum absolute atomic E-state index is 0.116. The Balaban J connectivity index is 1.54. The number of para-hydroxylation sites is 1. The maximum absolute atomic E-state index is 13.5. The molecule has 0 aliphatic carbocycles. The van der Waals surface area contributed by atoms with Crippen LogP contribution in [0.3, 0.4) is 0 Å². The number of benzene rings is 2. The Hall–Kier alpha value is -3.66. The Bertz CT molecular complexity index is 2230. The fraction of sp³-hybridized carbons (Fsp3) is 0.273. The summed E-state index contributed by atoms with van der Waals surface area (Å²) in [5, 5.41) is 0.864. The van der Waals surface area contributed by atoms with Crippen molar-refractivity contribution in [2.24, 2.45) is 0 Å². The number of thiazole rings is 2. The molecule has 3 heterocycles. The smallest absolute Gasteiger partial charge is 0.269 e. The quantitative estimate of drug-likeness (QED) is 0.167. The second-order valence-corrected chi connectivity index (χ2v) is 16.4. The summed E-state index contributed by atoms with van der Waals surface area (Å²) in [6.07, 6.45) is 9.97. The molecule has 2 aromatic heterocycles. The van der Waals surface area contributed by atoms with E-state index >= 15 is 0 Å². The molecule has 0 saturated heterocycles. The minimum Gasteiger partial charge on any atom is -0.347 e. The highest BCUT2D eigenvalue weighted by atomic mass is 32.2. The average Bonchev–Trinajstić information content (AvgIpc) is 3.49. The fourth-order valence-electron chi connectivity index (χ4n) is 5.54. The molecule has 10 nitrogen and oxygen atoms in total. The van der Waals surface area contributed by atoms with E-state index in [2.05, 4.69) is 4.57 Å². The Morgan fingerprint density at radius 2 is 1.57 bits per heavy atom. The van der Waals surface area contributed by atoms with E-state index in [0.29, 0.717) is 24.2 Å². The highest BCUT2D eigenvalue weighted by molar-refractivity contribution is 7.86. The van der Waals surface area contributed by atoms with Gasteiger partial charge in [-0.15, -0.1) is 11.3 Å². The first-order chi connectivity index (χ1) is 22.3. The van der Waals surface area contributed by atoms with Crippen molar-refractivity contribution in [3.8, 4) is 11.3 Å². The van der Waals surface area contributed by atoms with Gasteiger partial charge < -0.3 is 4.90 Å². The van der Waals surface area contributed by atoms with E-state index in [9.17, 15) is 26.2 Å². The number of anilines is 1. The molecule has 5 rings (SSSR count). The molecule has 0 unspecified atom stereocenters. The van der Waals surface area contributed by atoms with Crippen molar-refractivity contribution < 1.29 is 30.5 Å². The van der Waals surface area contributed by atoms with Gasteiger partial charge in [0.2, 0.25) is 5.69 Å². The molecule has 0 radical (unpaired) electrons. The second kappa shape index (κ2) is 14.6. The molecule has 248 valence electrons. The van der Waals surface area contributed by atoms with Gasteiger partial charge in [-0.2, -0.15) is 21.4 Å². The predicted octanol–water partition coefficient (Wildman–Crippen LogP) is 3.84. The molecular formula is C33H36N3O7S4+. The molecular weight excluding hydrogens is 679 g/mol.